The van der Waals surface area contributed by atoms with Crippen molar-refractivity contribution in [3.63, 3.8) is 0 Å². The molecular weight excluding hydrogens is 425 g/mol. The second kappa shape index (κ2) is 8.22. The Balaban J connectivity index is 1.70. The predicted molar refractivity (Wildman–Crippen MR) is 100 cm³/mol. The van der Waals surface area contributed by atoms with Gasteiger partial charge in [0.1, 0.15) is 11.8 Å². The Morgan fingerprint density at radius 1 is 1.13 bits per heavy atom. The van der Waals surface area contributed by atoms with Gasteiger partial charge in [-0.3, -0.25) is 0 Å². The fourth-order valence-electron chi connectivity index (χ4n) is 3.36. The summed E-state index contributed by atoms with van der Waals surface area (Å²) in [7, 11) is 2.91. The molecule has 2 aromatic rings. The molecule has 3 heterocycles. The largest absolute Gasteiger partial charge is 0.493 e. The Hall–Kier alpha value is -2.08. The van der Waals surface area contributed by atoms with Crippen LogP contribution in [0.4, 0.5) is 13.2 Å². The zero-order valence-corrected chi connectivity index (χ0v) is 16.9. The number of benzene rings is 1. The molecule has 2 aliphatic rings. The molecule has 4 atom stereocenters. The highest BCUT2D eigenvalue weighted by molar-refractivity contribution is 7.99. The Bertz CT molecular complexity index is 930. The number of halogens is 3. The highest BCUT2D eigenvalue weighted by Crippen LogP contribution is 2.40. The molecule has 30 heavy (non-hydrogen) atoms. The summed E-state index contributed by atoms with van der Waals surface area (Å²) in [5, 5.41) is 9.67. The van der Waals surface area contributed by atoms with Gasteiger partial charge in [-0.25, -0.2) is 9.97 Å². The van der Waals surface area contributed by atoms with Crippen LogP contribution in [0.25, 0.3) is 11.3 Å². The molecule has 0 unspecified atom stereocenters. The van der Waals surface area contributed by atoms with Gasteiger partial charge in [-0.15, -0.1) is 0 Å². The molecule has 0 amide bonds. The summed E-state index contributed by atoms with van der Waals surface area (Å²) in [5.41, 5.74) is -0.534. The maximum absolute atomic E-state index is 13.5. The van der Waals surface area contributed by atoms with Gasteiger partial charge in [0.05, 0.1) is 32.6 Å². The summed E-state index contributed by atoms with van der Waals surface area (Å²) in [6.07, 6.45) is -6.21. The summed E-state index contributed by atoms with van der Waals surface area (Å²) < 4.78 is 61.8. The molecule has 11 heteroatoms. The first kappa shape index (κ1) is 21.2. The third-order valence-electron chi connectivity index (χ3n) is 4.87. The molecule has 2 fully saturated rings. The molecule has 2 saturated heterocycles. The number of aliphatic hydroxyl groups is 1. The lowest BCUT2D eigenvalue weighted by Gasteiger charge is -2.30. The number of aromatic nitrogens is 2. The van der Waals surface area contributed by atoms with Crippen LogP contribution in [0.3, 0.4) is 0 Å². The fourth-order valence-corrected chi connectivity index (χ4v) is 4.52. The van der Waals surface area contributed by atoms with Gasteiger partial charge in [0.2, 0.25) is 0 Å². The van der Waals surface area contributed by atoms with Crippen molar-refractivity contribution in [1.29, 1.82) is 0 Å². The zero-order chi connectivity index (χ0) is 21.5. The van der Waals surface area contributed by atoms with Crippen LogP contribution in [-0.4, -0.2) is 59.6 Å². The lowest BCUT2D eigenvalue weighted by Crippen LogP contribution is -2.40. The topological polar surface area (TPSA) is 82.9 Å². The van der Waals surface area contributed by atoms with Gasteiger partial charge in [0.15, 0.2) is 22.9 Å². The number of hydrogen-bond acceptors (Lipinski definition) is 8. The Morgan fingerprint density at radius 3 is 2.60 bits per heavy atom. The summed E-state index contributed by atoms with van der Waals surface area (Å²) in [4.78, 5) is 8.03. The van der Waals surface area contributed by atoms with Crippen molar-refractivity contribution in [2.45, 2.75) is 41.5 Å². The molecular formula is C19H19F3N2O5S. The average molecular weight is 444 g/mol. The van der Waals surface area contributed by atoms with Crippen LogP contribution in [0.15, 0.2) is 29.4 Å². The fraction of sp³-hybridized carbons (Fsp3) is 0.474. The normalized spacial score (nSPS) is 25.9. The van der Waals surface area contributed by atoms with Crippen LogP contribution in [0.5, 0.6) is 11.5 Å². The smallest absolute Gasteiger partial charge is 0.433 e. The minimum Gasteiger partial charge on any atom is -0.493 e. The van der Waals surface area contributed by atoms with E-state index in [4.69, 9.17) is 18.9 Å². The quantitative estimate of drug-likeness (QED) is 0.705. The van der Waals surface area contributed by atoms with Crippen molar-refractivity contribution in [3.05, 3.63) is 30.0 Å². The van der Waals surface area contributed by atoms with Gasteiger partial charge in [0, 0.05) is 10.8 Å². The van der Waals surface area contributed by atoms with E-state index in [2.05, 4.69) is 9.97 Å². The van der Waals surface area contributed by atoms with E-state index in [1.165, 1.54) is 14.2 Å². The molecule has 162 valence electrons. The van der Waals surface area contributed by atoms with Crippen LogP contribution in [0, 0.1) is 0 Å². The number of ether oxygens (including phenoxy) is 4. The summed E-state index contributed by atoms with van der Waals surface area (Å²) in [6, 6.07) is 5.64. The third-order valence-corrected chi connectivity index (χ3v) is 6.06. The first-order valence-electron chi connectivity index (χ1n) is 9.09. The van der Waals surface area contributed by atoms with E-state index in [9.17, 15) is 18.3 Å². The number of thioether (sulfide) groups is 1. The highest BCUT2D eigenvalue weighted by atomic mass is 32.2. The van der Waals surface area contributed by atoms with Gasteiger partial charge in [-0.05, 0) is 30.7 Å². The number of aliphatic hydroxyl groups excluding tert-OH is 1. The Labute approximate surface area is 174 Å². The van der Waals surface area contributed by atoms with Gasteiger partial charge in [-0.1, -0.05) is 11.8 Å². The van der Waals surface area contributed by atoms with Crippen molar-refractivity contribution in [2.75, 3.05) is 20.8 Å². The zero-order valence-electron chi connectivity index (χ0n) is 16.0. The number of alkyl halides is 3. The third kappa shape index (κ3) is 4.20. The molecule has 1 aromatic heterocycles. The van der Waals surface area contributed by atoms with Crippen molar-refractivity contribution in [2.24, 2.45) is 0 Å². The standard InChI is InChI=1S/C19H19F3N2O5S/c1-26-12-4-3-9(5-13(12)27-2)10-6-16(19(20,21)22)24-18(23-10)30-15-7-11(25)17-28-8-14(15)29-17/h3-6,11,14-15,17,25H,7-8H2,1-2H3/t11-,14-,15-,17+/m1/s1. The van der Waals surface area contributed by atoms with E-state index in [-0.39, 0.29) is 28.8 Å². The number of fused-ring (bicyclic) bond motifs is 2. The molecule has 0 aliphatic carbocycles. The van der Waals surface area contributed by atoms with Crippen LogP contribution in [0.2, 0.25) is 0 Å². The van der Waals surface area contributed by atoms with Crippen molar-refractivity contribution >= 4 is 11.8 Å². The number of nitrogens with zero attached hydrogens (tertiary/aromatic N) is 2. The van der Waals surface area contributed by atoms with Crippen LogP contribution < -0.4 is 9.47 Å². The minimum atomic E-state index is -4.65. The van der Waals surface area contributed by atoms with Gasteiger partial charge in [-0.2, -0.15) is 13.2 Å². The van der Waals surface area contributed by atoms with Crippen molar-refractivity contribution in [3.8, 4) is 22.8 Å². The van der Waals surface area contributed by atoms with Crippen LogP contribution >= 0.6 is 11.8 Å². The molecule has 2 bridgehead atoms. The lowest BCUT2D eigenvalue weighted by molar-refractivity contribution is -0.150. The molecule has 0 spiro atoms. The van der Waals surface area contributed by atoms with E-state index >= 15 is 0 Å². The first-order chi connectivity index (χ1) is 14.3. The van der Waals surface area contributed by atoms with Gasteiger partial charge >= 0.3 is 6.18 Å². The van der Waals surface area contributed by atoms with E-state index in [1.807, 2.05) is 0 Å². The Morgan fingerprint density at radius 2 is 1.90 bits per heavy atom. The maximum atomic E-state index is 13.5. The average Bonchev–Trinajstić information content (AvgIpc) is 3.17. The number of rotatable bonds is 5. The minimum absolute atomic E-state index is 0.0549. The van der Waals surface area contributed by atoms with Crippen molar-refractivity contribution in [1.82, 2.24) is 9.97 Å². The summed E-state index contributed by atoms with van der Waals surface area (Å²) in [6.45, 7) is 0.265. The van der Waals surface area contributed by atoms with E-state index in [0.717, 1.165) is 17.8 Å². The maximum Gasteiger partial charge on any atom is 0.433 e. The second-order valence-corrected chi connectivity index (χ2v) is 8.03. The first-order valence-corrected chi connectivity index (χ1v) is 9.97. The summed E-state index contributed by atoms with van der Waals surface area (Å²) >= 11 is 1.04. The van der Waals surface area contributed by atoms with Crippen molar-refractivity contribution < 1.29 is 37.2 Å². The van der Waals surface area contributed by atoms with Crippen LogP contribution in [0.1, 0.15) is 12.1 Å². The molecule has 0 saturated carbocycles. The Kier molecular flexibility index (Phi) is 5.80. The van der Waals surface area contributed by atoms with E-state index < -0.39 is 24.3 Å². The van der Waals surface area contributed by atoms with E-state index in [1.54, 1.807) is 18.2 Å². The highest BCUT2D eigenvalue weighted by Gasteiger charge is 2.44. The number of methoxy groups -OCH3 is 2. The molecule has 7 nitrogen and oxygen atoms in total. The van der Waals surface area contributed by atoms with Gasteiger partial charge in [0.25, 0.3) is 0 Å². The predicted octanol–water partition coefficient (Wildman–Crippen LogP) is 3.15. The molecule has 0 radical (unpaired) electrons. The van der Waals surface area contributed by atoms with E-state index in [0.29, 0.717) is 23.5 Å². The molecule has 1 N–H and O–H groups in total. The lowest BCUT2D eigenvalue weighted by atomic mass is 10.1. The van der Waals surface area contributed by atoms with Gasteiger partial charge < -0.3 is 24.1 Å². The molecule has 1 aromatic carbocycles. The monoisotopic (exact) mass is 444 g/mol. The summed E-state index contributed by atoms with van der Waals surface area (Å²) in [5.74, 6) is 0.819. The second-order valence-electron chi connectivity index (χ2n) is 6.82. The number of hydrogen-bond donors (Lipinski definition) is 1. The molecule has 2 aliphatic heterocycles. The molecule has 4 rings (SSSR count). The van der Waals surface area contributed by atoms with Crippen LogP contribution in [-0.2, 0) is 15.7 Å². The SMILES string of the molecule is COc1ccc(-c2cc(C(F)(F)F)nc(S[C@@H]3C[C@@H](O)[C@H]4OC[C@H]3O4)n2)cc1OC.